The summed E-state index contributed by atoms with van der Waals surface area (Å²) in [5.74, 6) is -0.893. The highest BCUT2D eigenvalue weighted by Gasteiger charge is 2.25. The number of benzene rings is 1. The van der Waals surface area contributed by atoms with E-state index in [0.717, 1.165) is 31.6 Å². The summed E-state index contributed by atoms with van der Waals surface area (Å²) in [4.78, 5) is 13.3. The minimum atomic E-state index is -0.672. The van der Waals surface area contributed by atoms with Crippen molar-refractivity contribution in [2.24, 2.45) is 5.92 Å². The Morgan fingerprint density at radius 2 is 2.14 bits per heavy atom. The van der Waals surface area contributed by atoms with Crippen molar-refractivity contribution in [3.63, 3.8) is 0 Å². The molecular formula is C16H19N3O2. The molecule has 2 aromatic rings. The second-order valence-corrected chi connectivity index (χ2v) is 5.53. The van der Waals surface area contributed by atoms with Crippen molar-refractivity contribution in [1.82, 2.24) is 14.7 Å². The number of carboxylic acids is 1. The van der Waals surface area contributed by atoms with Gasteiger partial charge in [0, 0.05) is 25.5 Å². The lowest BCUT2D eigenvalue weighted by Crippen LogP contribution is -2.38. The average molecular weight is 285 g/mol. The van der Waals surface area contributed by atoms with Crippen LogP contribution in [0.3, 0.4) is 0 Å². The van der Waals surface area contributed by atoms with Gasteiger partial charge in [-0.2, -0.15) is 5.10 Å². The highest BCUT2D eigenvalue weighted by Crippen LogP contribution is 2.19. The Hall–Kier alpha value is -2.14. The molecule has 0 radical (unpaired) electrons. The zero-order chi connectivity index (χ0) is 14.7. The van der Waals surface area contributed by atoms with Gasteiger partial charge >= 0.3 is 5.97 Å². The third-order valence-corrected chi connectivity index (χ3v) is 3.97. The van der Waals surface area contributed by atoms with Crippen molar-refractivity contribution in [1.29, 1.82) is 0 Å². The molecule has 1 aliphatic heterocycles. The number of aliphatic carboxylic acids is 1. The van der Waals surface area contributed by atoms with Crippen LogP contribution in [0, 0.1) is 5.92 Å². The molecule has 0 bridgehead atoms. The number of hydrogen-bond donors (Lipinski definition) is 1. The molecule has 1 aromatic carbocycles. The van der Waals surface area contributed by atoms with Gasteiger partial charge in [-0.25, -0.2) is 4.68 Å². The molecule has 1 saturated heterocycles. The van der Waals surface area contributed by atoms with E-state index >= 15 is 0 Å². The van der Waals surface area contributed by atoms with Gasteiger partial charge in [-0.3, -0.25) is 9.69 Å². The van der Waals surface area contributed by atoms with Crippen molar-refractivity contribution in [3.8, 4) is 5.69 Å². The lowest BCUT2D eigenvalue weighted by Gasteiger charge is -2.30. The fourth-order valence-corrected chi connectivity index (χ4v) is 2.83. The van der Waals surface area contributed by atoms with Gasteiger partial charge in [0.25, 0.3) is 0 Å². The second-order valence-electron chi connectivity index (χ2n) is 5.53. The van der Waals surface area contributed by atoms with Crippen LogP contribution in [0.2, 0.25) is 0 Å². The fraction of sp³-hybridized carbons (Fsp3) is 0.375. The molecule has 5 nitrogen and oxygen atoms in total. The summed E-state index contributed by atoms with van der Waals surface area (Å²) >= 11 is 0. The first-order valence-electron chi connectivity index (χ1n) is 7.26. The summed E-state index contributed by atoms with van der Waals surface area (Å²) in [7, 11) is 0. The normalized spacial score (nSPS) is 19.5. The Labute approximate surface area is 123 Å². The molecule has 2 heterocycles. The number of rotatable bonds is 4. The molecule has 0 aliphatic carbocycles. The van der Waals surface area contributed by atoms with Crippen molar-refractivity contribution < 1.29 is 9.90 Å². The van der Waals surface area contributed by atoms with Crippen LogP contribution < -0.4 is 0 Å². The molecule has 0 saturated carbocycles. The number of carbonyl (C=O) groups is 1. The number of hydrogen-bond acceptors (Lipinski definition) is 3. The van der Waals surface area contributed by atoms with Gasteiger partial charge in [0.1, 0.15) is 0 Å². The van der Waals surface area contributed by atoms with Gasteiger partial charge in [0.05, 0.1) is 11.6 Å². The van der Waals surface area contributed by atoms with E-state index in [9.17, 15) is 4.79 Å². The van der Waals surface area contributed by atoms with Crippen molar-refractivity contribution in [2.45, 2.75) is 19.4 Å². The molecule has 0 amide bonds. The van der Waals surface area contributed by atoms with Crippen molar-refractivity contribution in [2.75, 3.05) is 13.1 Å². The Balaban J connectivity index is 1.64. The van der Waals surface area contributed by atoms with Crippen LogP contribution in [0.4, 0.5) is 0 Å². The first-order chi connectivity index (χ1) is 10.2. The van der Waals surface area contributed by atoms with Crippen LogP contribution in [-0.2, 0) is 11.3 Å². The Morgan fingerprint density at radius 1 is 1.33 bits per heavy atom. The van der Waals surface area contributed by atoms with Crippen LogP contribution in [0.15, 0.2) is 42.7 Å². The number of aromatic nitrogens is 2. The van der Waals surface area contributed by atoms with E-state index in [1.54, 1.807) is 6.20 Å². The van der Waals surface area contributed by atoms with Gasteiger partial charge in [-0.05, 0) is 43.1 Å². The maximum absolute atomic E-state index is 11.1. The van der Waals surface area contributed by atoms with E-state index in [-0.39, 0.29) is 5.92 Å². The largest absolute Gasteiger partial charge is 0.481 e. The first-order valence-corrected chi connectivity index (χ1v) is 7.26. The minimum Gasteiger partial charge on any atom is -0.481 e. The SMILES string of the molecule is O=C(O)C1CCCN(Cc2ccc(-n3cccn3)cc2)C1. The Kier molecular flexibility index (Phi) is 4.01. The number of nitrogens with zero attached hydrogens (tertiary/aromatic N) is 3. The number of piperidine rings is 1. The maximum Gasteiger partial charge on any atom is 0.307 e. The number of carboxylic acid groups (broad SMARTS) is 1. The van der Waals surface area contributed by atoms with Gasteiger partial charge in [0.2, 0.25) is 0 Å². The standard InChI is InChI=1S/C16H19N3O2/c20-16(21)14-3-1-9-18(12-14)11-13-4-6-15(7-5-13)19-10-2-8-17-19/h2,4-8,10,14H,1,3,9,11-12H2,(H,20,21). The van der Waals surface area contributed by atoms with Crippen molar-refractivity contribution >= 4 is 5.97 Å². The van der Waals surface area contributed by atoms with Gasteiger partial charge in [-0.15, -0.1) is 0 Å². The summed E-state index contributed by atoms with van der Waals surface area (Å²) in [6, 6.07) is 10.2. The molecular weight excluding hydrogens is 266 g/mol. The smallest absolute Gasteiger partial charge is 0.307 e. The van der Waals surface area contributed by atoms with Crippen LogP contribution in [0.5, 0.6) is 0 Å². The zero-order valence-corrected chi connectivity index (χ0v) is 11.9. The van der Waals surface area contributed by atoms with Gasteiger partial charge in [-0.1, -0.05) is 12.1 Å². The summed E-state index contributed by atoms with van der Waals surface area (Å²) in [6.07, 6.45) is 5.43. The monoisotopic (exact) mass is 285 g/mol. The highest BCUT2D eigenvalue weighted by atomic mass is 16.4. The van der Waals surface area contributed by atoms with E-state index < -0.39 is 5.97 Å². The van der Waals surface area contributed by atoms with E-state index in [0.29, 0.717) is 6.54 Å². The van der Waals surface area contributed by atoms with Gasteiger partial charge in [0.15, 0.2) is 0 Å². The third kappa shape index (κ3) is 3.31. The molecule has 110 valence electrons. The summed E-state index contributed by atoms with van der Waals surface area (Å²) in [5, 5.41) is 13.3. The van der Waals surface area contributed by atoms with Gasteiger partial charge < -0.3 is 5.11 Å². The Bertz CT molecular complexity index is 592. The van der Waals surface area contributed by atoms with E-state index in [2.05, 4.69) is 22.1 Å². The fourth-order valence-electron chi connectivity index (χ4n) is 2.83. The average Bonchev–Trinajstić information content (AvgIpc) is 3.02. The second kappa shape index (κ2) is 6.10. The van der Waals surface area contributed by atoms with Crippen LogP contribution >= 0.6 is 0 Å². The predicted octanol–water partition coefficient (Wildman–Crippen LogP) is 2.17. The molecule has 1 aliphatic rings. The quantitative estimate of drug-likeness (QED) is 0.935. The van der Waals surface area contributed by atoms with Crippen LogP contribution in [0.1, 0.15) is 18.4 Å². The molecule has 3 rings (SSSR count). The van der Waals surface area contributed by atoms with E-state index in [1.807, 2.05) is 29.1 Å². The molecule has 1 N–H and O–H groups in total. The highest BCUT2D eigenvalue weighted by molar-refractivity contribution is 5.70. The molecule has 1 aromatic heterocycles. The molecule has 5 heteroatoms. The predicted molar refractivity (Wildman–Crippen MR) is 79.2 cm³/mol. The molecule has 1 fully saturated rings. The number of likely N-dealkylation sites (tertiary alicyclic amines) is 1. The van der Waals surface area contributed by atoms with E-state index in [4.69, 9.17) is 5.11 Å². The topological polar surface area (TPSA) is 58.4 Å². The lowest BCUT2D eigenvalue weighted by atomic mass is 9.98. The minimum absolute atomic E-state index is 0.220. The first kappa shape index (κ1) is 13.8. The van der Waals surface area contributed by atoms with Crippen LogP contribution in [-0.4, -0.2) is 38.8 Å². The zero-order valence-electron chi connectivity index (χ0n) is 11.9. The summed E-state index contributed by atoms with van der Waals surface area (Å²) in [5.41, 5.74) is 2.24. The summed E-state index contributed by atoms with van der Waals surface area (Å²) < 4.78 is 1.82. The van der Waals surface area contributed by atoms with Crippen LogP contribution in [0.25, 0.3) is 5.69 Å². The molecule has 21 heavy (non-hydrogen) atoms. The maximum atomic E-state index is 11.1. The van der Waals surface area contributed by atoms with E-state index in [1.165, 1.54) is 5.56 Å². The molecule has 1 atom stereocenters. The lowest BCUT2D eigenvalue weighted by molar-refractivity contribution is -0.143. The molecule has 1 unspecified atom stereocenters. The third-order valence-electron chi connectivity index (χ3n) is 3.97. The Morgan fingerprint density at radius 3 is 2.81 bits per heavy atom. The molecule has 0 spiro atoms. The summed E-state index contributed by atoms with van der Waals surface area (Å²) in [6.45, 7) is 2.43. The van der Waals surface area contributed by atoms with Crippen molar-refractivity contribution in [3.05, 3.63) is 48.3 Å².